The van der Waals surface area contributed by atoms with Gasteiger partial charge in [0.1, 0.15) is 0 Å². The third-order valence-electron chi connectivity index (χ3n) is 4.30. The highest BCUT2D eigenvalue weighted by atomic mass is 16.2. The van der Waals surface area contributed by atoms with Crippen molar-refractivity contribution in [2.24, 2.45) is 5.41 Å². The zero-order valence-electron chi connectivity index (χ0n) is 12.4. The third kappa shape index (κ3) is 3.19. The average molecular weight is 270 g/mol. The molecule has 3 nitrogen and oxygen atoms in total. The molecule has 106 valence electrons. The highest BCUT2D eigenvalue weighted by Crippen LogP contribution is 2.37. The zero-order valence-corrected chi connectivity index (χ0v) is 12.4. The van der Waals surface area contributed by atoms with Gasteiger partial charge in [0.25, 0.3) is 0 Å². The molecule has 3 heteroatoms. The monoisotopic (exact) mass is 270 g/mol. The molecule has 1 aliphatic carbocycles. The molecule has 0 unspecified atom stereocenters. The molecular formula is C17H22N2O. The fraction of sp³-hybridized carbons (Fsp3) is 0.529. The van der Waals surface area contributed by atoms with Crippen LogP contribution in [0.4, 0.5) is 0 Å². The van der Waals surface area contributed by atoms with Gasteiger partial charge in [-0.1, -0.05) is 38.3 Å². The Labute approximate surface area is 121 Å². The Morgan fingerprint density at radius 1 is 1.35 bits per heavy atom. The second-order valence-electron chi connectivity index (χ2n) is 6.09. The molecule has 1 saturated carbocycles. The number of hydrogen-bond donors (Lipinski definition) is 0. The van der Waals surface area contributed by atoms with Gasteiger partial charge in [-0.2, -0.15) is 5.26 Å². The summed E-state index contributed by atoms with van der Waals surface area (Å²) in [4.78, 5) is 14.4. The SMILES string of the molecule is CN(Cc1cccc(C#N)c1)C(=O)C1(C)CCCCC1. The minimum absolute atomic E-state index is 0.195. The maximum Gasteiger partial charge on any atom is 0.228 e. The normalized spacial score (nSPS) is 17.2. The minimum atomic E-state index is -0.195. The summed E-state index contributed by atoms with van der Waals surface area (Å²) in [6.07, 6.45) is 5.54. The summed E-state index contributed by atoms with van der Waals surface area (Å²) < 4.78 is 0. The van der Waals surface area contributed by atoms with Crippen LogP contribution >= 0.6 is 0 Å². The molecule has 20 heavy (non-hydrogen) atoms. The van der Waals surface area contributed by atoms with Gasteiger partial charge in [-0.25, -0.2) is 0 Å². The molecule has 0 radical (unpaired) electrons. The van der Waals surface area contributed by atoms with E-state index < -0.39 is 0 Å². The highest BCUT2D eigenvalue weighted by molar-refractivity contribution is 5.82. The van der Waals surface area contributed by atoms with Crippen molar-refractivity contribution in [2.75, 3.05) is 7.05 Å². The van der Waals surface area contributed by atoms with E-state index in [1.54, 1.807) is 6.07 Å². The molecule has 0 heterocycles. The Bertz CT molecular complexity index is 524. The first kappa shape index (κ1) is 14.6. The first-order valence-corrected chi connectivity index (χ1v) is 7.30. The molecular weight excluding hydrogens is 248 g/mol. The van der Waals surface area contributed by atoms with Crippen LogP contribution in [0.3, 0.4) is 0 Å². The molecule has 0 saturated heterocycles. The van der Waals surface area contributed by atoms with Gasteiger partial charge < -0.3 is 4.90 Å². The average Bonchev–Trinajstić information content (AvgIpc) is 2.47. The largest absolute Gasteiger partial charge is 0.341 e. The Morgan fingerprint density at radius 3 is 2.70 bits per heavy atom. The number of hydrogen-bond acceptors (Lipinski definition) is 2. The van der Waals surface area contributed by atoms with Crippen LogP contribution < -0.4 is 0 Å². The molecule has 0 N–H and O–H groups in total. The van der Waals surface area contributed by atoms with Crippen LogP contribution in [0.2, 0.25) is 0 Å². The zero-order chi connectivity index (χ0) is 14.6. The second-order valence-corrected chi connectivity index (χ2v) is 6.09. The molecule has 1 aliphatic rings. The van der Waals surface area contributed by atoms with Crippen LogP contribution in [-0.4, -0.2) is 17.9 Å². The summed E-state index contributed by atoms with van der Waals surface area (Å²) in [6, 6.07) is 9.61. The van der Waals surface area contributed by atoms with Crippen molar-refractivity contribution in [1.82, 2.24) is 4.90 Å². The van der Waals surface area contributed by atoms with E-state index in [2.05, 4.69) is 13.0 Å². The molecule has 0 spiro atoms. The van der Waals surface area contributed by atoms with Crippen molar-refractivity contribution in [1.29, 1.82) is 5.26 Å². The number of amides is 1. The molecule has 1 aromatic carbocycles. The summed E-state index contributed by atoms with van der Waals surface area (Å²) >= 11 is 0. The maximum atomic E-state index is 12.6. The smallest absolute Gasteiger partial charge is 0.228 e. The summed E-state index contributed by atoms with van der Waals surface area (Å²) in [5.74, 6) is 0.236. The predicted octanol–water partition coefficient (Wildman–Crippen LogP) is 3.49. The number of benzene rings is 1. The lowest BCUT2D eigenvalue weighted by Gasteiger charge is -2.35. The molecule has 2 rings (SSSR count). The van der Waals surface area contributed by atoms with E-state index in [-0.39, 0.29) is 11.3 Å². The van der Waals surface area contributed by atoms with E-state index in [9.17, 15) is 4.79 Å². The van der Waals surface area contributed by atoms with Crippen LogP contribution in [0.15, 0.2) is 24.3 Å². The topological polar surface area (TPSA) is 44.1 Å². The summed E-state index contributed by atoms with van der Waals surface area (Å²) in [6.45, 7) is 2.67. The molecule has 1 aromatic rings. The highest BCUT2D eigenvalue weighted by Gasteiger charge is 2.36. The van der Waals surface area contributed by atoms with E-state index in [4.69, 9.17) is 5.26 Å². The lowest BCUT2D eigenvalue weighted by molar-refractivity contribution is -0.142. The van der Waals surface area contributed by atoms with Crippen molar-refractivity contribution < 1.29 is 4.79 Å². The Balaban J connectivity index is 2.05. The second kappa shape index (κ2) is 6.09. The number of carbonyl (C=O) groups excluding carboxylic acids is 1. The van der Waals surface area contributed by atoms with Gasteiger partial charge in [0.2, 0.25) is 5.91 Å². The molecule has 0 aliphatic heterocycles. The van der Waals surface area contributed by atoms with E-state index in [0.29, 0.717) is 12.1 Å². The molecule has 0 aromatic heterocycles. The summed E-state index contributed by atoms with van der Waals surface area (Å²) in [7, 11) is 1.86. The third-order valence-corrected chi connectivity index (χ3v) is 4.30. The Kier molecular flexibility index (Phi) is 4.44. The number of carbonyl (C=O) groups is 1. The molecule has 0 bridgehead atoms. The maximum absolute atomic E-state index is 12.6. The summed E-state index contributed by atoms with van der Waals surface area (Å²) in [5, 5.41) is 8.92. The van der Waals surface area contributed by atoms with E-state index in [1.807, 2.05) is 30.1 Å². The van der Waals surface area contributed by atoms with Gasteiger partial charge in [0.05, 0.1) is 11.6 Å². The fourth-order valence-electron chi connectivity index (χ4n) is 3.09. The van der Waals surface area contributed by atoms with Crippen LogP contribution in [-0.2, 0) is 11.3 Å². The summed E-state index contributed by atoms with van der Waals surface area (Å²) in [5.41, 5.74) is 1.46. The van der Waals surface area contributed by atoms with E-state index in [1.165, 1.54) is 6.42 Å². The van der Waals surface area contributed by atoms with Gasteiger partial charge in [0, 0.05) is 19.0 Å². The lowest BCUT2D eigenvalue weighted by Crippen LogP contribution is -2.41. The quantitative estimate of drug-likeness (QED) is 0.844. The predicted molar refractivity (Wildman–Crippen MR) is 78.8 cm³/mol. The standard InChI is InChI=1S/C17H22N2O/c1-17(9-4-3-5-10-17)16(20)19(2)13-15-8-6-7-14(11-15)12-18/h6-8,11H,3-5,9-10,13H2,1-2H3. The van der Waals surface area contributed by atoms with Gasteiger partial charge in [-0.15, -0.1) is 0 Å². The van der Waals surface area contributed by atoms with Gasteiger partial charge in [-0.05, 0) is 30.5 Å². The number of nitriles is 1. The van der Waals surface area contributed by atoms with Crippen molar-refractivity contribution in [2.45, 2.75) is 45.6 Å². The van der Waals surface area contributed by atoms with Crippen LogP contribution in [0, 0.1) is 16.7 Å². The van der Waals surface area contributed by atoms with Crippen molar-refractivity contribution >= 4 is 5.91 Å². The van der Waals surface area contributed by atoms with Crippen molar-refractivity contribution in [3.05, 3.63) is 35.4 Å². The van der Waals surface area contributed by atoms with Crippen molar-refractivity contribution in [3.63, 3.8) is 0 Å². The van der Waals surface area contributed by atoms with E-state index in [0.717, 1.165) is 31.2 Å². The van der Waals surface area contributed by atoms with Crippen molar-refractivity contribution in [3.8, 4) is 6.07 Å². The molecule has 1 amide bonds. The van der Waals surface area contributed by atoms with Crippen LogP contribution in [0.1, 0.15) is 50.2 Å². The van der Waals surface area contributed by atoms with Gasteiger partial charge in [-0.3, -0.25) is 4.79 Å². The van der Waals surface area contributed by atoms with E-state index >= 15 is 0 Å². The first-order valence-electron chi connectivity index (χ1n) is 7.30. The Morgan fingerprint density at radius 2 is 2.05 bits per heavy atom. The fourth-order valence-corrected chi connectivity index (χ4v) is 3.09. The Hall–Kier alpha value is -1.82. The molecule has 0 atom stereocenters. The number of rotatable bonds is 3. The van der Waals surface area contributed by atoms with Gasteiger partial charge >= 0.3 is 0 Å². The first-order chi connectivity index (χ1) is 9.55. The van der Waals surface area contributed by atoms with Crippen LogP contribution in [0.5, 0.6) is 0 Å². The lowest BCUT2D eigenvalue weighted by atomic mass is 9.74. The number of nitrogens with zero attached hydrogens (tertiary/aromatic N) is 2. The molecule has 1 fully saturated rings. The van der Waals surface area contributed by atoms with Gasteiger partial charge in [0.15, 0.2) is 0 Å². The van der Waals surface area contributed by atoms with Crippen LogP contribution in [0.25, 0.3) is 0 Å². The minimum Gasteiger partial charge on any atom is -0.341 e.